The zero-order valence-corrected chi connectivity index (χ0v) is 10.4. The van der Waals surface area contributed by atoms with Gasteiger partial charge < -0.3 is 15.4 Å². The normalized spacial score (nSPS) is 20.3. The van der Waals surface area contributed by atoms with Crippen molar-refractivity contribution in [2.75, 3.05) is 18.4 Å². The van der Waals surface area contributed by atoms with Gasteiger partial charge in [0.1, 0.15) is 0 Å². The van der Waals surface area contributed by atoms with Crippen molar-refractivity contribution in [1.82, 2.24) is 15.3 Å². The molecule has 0 amide bonds. The van der Waals surface area contributed by atoms with Gasteiger partial charge >= 0.3 is 0 Å². The highest BCUT2D eigenvalue weighted by atomic mass is 16.5. The number of nitrogens with zero attached hydrogens (tertiary/aromatic N) is 2. The summed E-state index contributed by atoms with van der Waals surface area (Å²) in [7, 11) is 0. The van der Waals surface area contributed by atoms with E-state index in [0.29, 0.717) is 17.9 Å². The first-order chi connectivity index (χ1) is 8.24. The molecule has 1 saturated heterocycles. The fraction of sp³-hybridized carbons (Fsp3) is 0.667. The van der Waals surface area contributed by atoms with E-state index in [1.54, 1.807) is 12.3 Å². The van der Waals surface area contributed by atoms with Crippen molar-refractivity contribution < 1.29 is 4.74 Å². The van der Waals surface area contributed by atoms with E-state index < -0.39 is 0 Å². The standard InChI is InChI=1S/C12H20N4O/c1-9(2)17-11-5-7-14-12(16-11)15-10-4-3-6-13-8-10/h5,7,9-10,13H,3-4,6,8H2,1-2H3,(H,14,15,16). The van der Waals surface area contributed by atoms with Crippen LogP contribution in [0.5, 0.6) is 5.88 Å². The Labute approximate surface area is 102 Å². The highest BCUT2D eigenvalue weighted by Gasteiger charge is 2.13. The van der Waals surface area contributed by atoms with Crippen molar-refractivity contribution >= 4 is 5.95 Å². The number of anilines is 1. The summed E-state index contributed by atoms with van der Waals surface area (Å²) < 4.78 is 5.54. The maximum Gasteiger partial charge on any atom is 0.226 e. The maximum atomic E-state index is 5.54. The van der Waals surface area contributed by atoms with Gasteiger partial charge in [0.25, 0.3) is 0 Å². The van der Waals surface area contributed by atoms with Crippen molar-refractivity contribution in [1.29, 1.82) is 0 Å². The largest absolute Gasteiger partial charge is 0.475 e. The van der Waals surface area contributed by atoms with E-state index in [0.717, 1.165) is 19.5 Å². The summed E-state index contributed by atoms with van der Waals surface area (Å²) in [5, 5.41) is 6.68. The van der Waals surface area contributed by atoms with Gasteiger partial charge in [0.2, 0.25) is 11.8 Å². The van der Waals surface area contributed by atoms with Gasteiger partial charge in [-0.25, -0.2) is 4.98 Å². The molecule has 2 rings (SSSR count). The van der Waals surface area contributed by atoms with E-state index >= 15 is 0 Å². The van der Waals surface area contributed by atoms with Crippen LogP contribution in [0.15, 0.2) is 12.3 Å². The number of nitrogens with one attached hydrogen (secondary N) is 2. The number of aromatic nitrogens is 2. The molecule has 0 spiro atoms. The smallest absolute Gasteiger partial charge is 0.226 e. The van der Waals surface area contributed by atoms with Crippen LogP contribution >= 0.6 is 0 Å². The van der Waals surface area contributed by atoms with Gasteiger partial charge in [-0.15, -0.1) is 0 Å². The first-order valence-corrected chi connectivity index (χ1v) is 6.21. The Kier molecular flexibility index (Phi) is 4.14. The van der Waals surface area contributed by atoms with Crippen LogP contribution in [0, 0.1) is 0 Å². The monoisotopic (exact) mass is 236 g/mol. The molecule has 2 N–H and O–H groups in total. The van der Waals surface area contributed by atoms with Crippen LogP contribution in [0.2, 0.25) is 0 Å². The van der Waals surface area contributed by atoms with Crippen LogP contribution < -0.4 is 15.4 Å². The quantitative estimate of drug-likeness (QED) is 0.828. The third-order valence-electron chi connectivity index (χ3n) is 2.62. The molecule has 1 unspecified atom stereocenters. The molecule has 5 heteroatoms. The predicted molar refractivity (Wildman–Crippen MR) is 67.3 cm³/mol. The molecular formula is C12H20N4O. The summed E-state index contributed by atoms with van der Waals surface area (Å²) in [6, 6.07) is 2.20. The maximum absolute atomic E-state index is 5.54. The molecule has 1 aromatic heterocycles. The van der Waals surface area contributed by atoms with E-state index in [-0.39, 0.29) is 6.10 Å². The van der Waals surface area contributed by atoms with Crippen LogP contribution in [-0.4, -0.2) is 35.2 Å². The Hall–Kier alpha value is -1.36. The van der Waals surface area contributed by atoms with Crippen LogP contribution in [-0.2, 0) is 0 Å². The van der Waals surface area contributed by atoms with Gasteiger partial charge in [0, 0.05) is 24.8 Å². The molecule has 1 aliphatic heterocycles. The molecule has 2 heterocycles. The first kappa shape index (κ1) is 12.1. The average Bonchev–Trinajstić information content (AvgIpc) is 2.30. The van der Waals surface area contributed by atoms with E-state index in [4.69, 9.17) is 4.74 Å². The molecule has 1 atom stereocenters. The van der Waals surface area contributed by atoms with Gasteiger partial charge in [-0.3, -0.25) is 0 Å². The third-order valence-corrected chi connectivity index (χ3v) is 2.62. The number of hydrogen-bond acceptors (Lipinski definition) is 5. The first-order valence-electron chi connectivity index (χ1n) is 6.21. The summed E-state index contributed by atoms with van der Waals surface area (Å²) in [6.45, 7) is 6.05. The molecule has 0 radical (unpaired) electrons. The van der Waals surface area contributed by atoms with Crippen LogP contribution in [0.3, 0.4) is 0 Å². The Morgan fingerprint density at radius 2 is 2.41 bits per heavy atom. The molecule has 5 nitrogen and oxygen atoms in total. The van der Waals surface area contributed by atoms with Gasteiger partial charge in [-0.05, 0) is 33.2 Å². The van der Waals surface area contributed by atoms with Crippen molar-refractivity contribution in [3.63, 3.8) is 0 Å². The van der Waals surface area contributed by atoms with E-state index in [2.05, 4.69) is 20.6 Å². The van der Waals surface area contributed by atoms with Gasteiger partial charge in [0.05, 0.1) is 6.10 Å². The minimum atomic E-state index is 0.133. The van der Waals surface area contributed by atoms with Gasteiger partial charge in [-0.1, -0.05) is 0 Å². The molecule has 0 aliphatic carbocycles. The Morgan fingerprint density at radius 3 is 3.12 bits per heavy atom. The second-order valence-electron chi connectivity index (χ2n) is 4.57. The van der Waals surface area contributed by atoms with E-state index in [9.17, 15) is 0 Å². The molecular weight excluding hydrogens is 216 g/mol. The molecule has 0 saturated carbocycles. The van der Waals surface area contributed by atoms with Crippen molar-refractivity contribution in [2.24, 2.45) is 0 Å². The second kappa shape index (κ2) is 5.82. The lowest BCUT2D eigenvalue weighted by Gasteiger charge is -2.23. The predicted octanol–water partition coefficient (Wildman–Crippen LogP) is 1.43. The SMILES string of the molecule is CC(C)Oc1ccnc(NC2CCCNC2)n1. The number of hydrogen-bond donors (Lipinski definition) is 2. The molecule has 0 bridgehead atoms. The highest BCUT2D eigenvalue weighted by molar-refractivity contribution is 5.29. The number of ether oxygens (including phenoxy) is 1. The molecule has 1 fully saturated rings. The number of piperidine rings is 1. The molecule has 94 valence electrons. The summed E-state index contributed by atoms with van der Waals surface area (Å²) in [5.41, 5.74) is 0. The lowest BCUT2D eigenvalue weighted by atomic mass is 10.1. The van der Waals surface area contributed by atoms with E-state index in [1.165, 1.54) is 6.42 Å². The van der Waals surface area contributed by atoms with Crippen LogP contribution in [0.4, 0.5) is 5.95 Å². The molecule has 17 heavy (non-hydrogen) atoms. The second-order valence-corrected chi connectivity index (χ2v) is 4.57. The zero-order chi connectivity index (χ0) is 12.1. The zero-order valence-electron chi connectivity index (χ0n) is 10.4. The summed E-state index contributed by atoms with van der Waals surface area (Å²) >= 11 is 0. The third kappa shape index (κ3) is 3.85. The highest BCUT2D eigenvalue weighted by Crippen LogP contribution is 2.12. The summed E-state index contributed by atoms with van der Waals surface area (Å²) in [6.07, 6.45) is 4.21. The Balaban J connectivity index is 1.95. The molecule has 1 aromatic rings. The lowest BCUT2D eigenvalue weighted by Crippen LogP contribution is -2.38. The molecule has 1 aliphatic rings. The average molecular weight is 236 g/mol. The van der Waals surface area contributed by atoms with Gasteiger partial charge in [0.15, 0.2) is 0 Å². The molecule has 0 aromatic carbocycles. The van der Waals surface area contributed by atoms with Crippen molar-refractivity contribution in [3.05, 3.63) is 12.3 Å². The topological polar surface area (TPSA) is 59.1 Å². The van der Waals surface area contributed by atoms with Crippen molar-refractivity contribution in [2.45, 2.75) is 38.8 Å². The Bertz CT molecular complexity index is 350. The minimum absolute atomic E-state index is 0.133. The fourth-order valence-corrected chi connectivity index (χ4v) is 1.88. The Morgan fingerprint density at radius 1 is 1.53 bits per heavy atom. The lowest BCUT2D eigenvalue weighted by molar-refractivity contribution is 0.232. The fourth-order valence-electron chi connectivity index (χ4n) is 1.88. The van der Waals surface area contributed by atoms with Crippen molar-refractivity contribution in [3.8, 4) is 5.88 Å². The summed E-state index contributed by atoms with van der Waals surface area (Å²) in [4.78, 5) is 8.55. The van der Waals surface area contributed by atoms with Gasteiger partial charge in [-0.2, -0.15) is 4.98 Å². The van der Waals surface area contributed by atoms with E-state index in [1.807, 2.05) is 13.8 Å². The van der Waals surface area contributed by atoms with Crippen LogP contribution in [0.25, 0.3) is 0 Å². The summed E-state index contributed by atoms with van der Waals surface area (Å²) in [5.74, 6) is 1.28. The van der Waals surface area contributed by atoms with Crippen LogP contribution in [0.1, 0.15) is 26.7 Å². The number of rotatable bonds is 4. The minimum Gasteiger partial charge on any atom is -0.475 e.